The number of carbonyl (C=O) groups is 5. The predicted molar refractivity (Wildman–Crippen MR) is 277 cm³/mol. The molecule has 11 heteroatoms. The van der Waals surface area contributed by atoms with E-state index in [4.69, 9.17) is 14.2 Å². The lowest BCUT2D eigenvalue weighted by molar-refractivity contribution is -0.167. The summed E-state index contributed by atoms with van der Waals surface area (Å²) >= 11 is 4.29. The van der Waals surface area contributed by atoms with Crippen molar-refractivity contribution in [3.63, 3.8) is 0 Å². The van der Waals surface area contributed by atoms with Crippen LogP contribution in [0.15, 0.2) is 0 Å². The van der Waals surface area contributed by atoms with Gasteiger partial charge in [-0.25, -0.2) is 0 Å². The first-order valence-corrected chi connectivity index (χ1v) is 28.5. The maximum atomic E-state index is 12.8. The molecule has 0 rings (SSSR count). The second-order valence-corrected chi connectivity index (χ2v) is 19.5. The molecule has 0 heterocycles. The summed E-state index contributed by atoms with van der Waals surface area (Å²) in [6, 6.07) is 0. The average Bonchev–Trinajstić information content (AvgIpc) is 3.31. The number of hydrogen-bond acceptors (Lipinski definition) is 9. The van der Waals surface area contributed by atoms with Crippen LogP contribution in [0.25, 0.3) is 0 Å². The van der Waals surface area contributed by atoms with Crippen LogP contribution in [0.4, 0.5) is 0 Å². The van der Waals surface area contributed by atoms with Gasteiger partial charge in [0, 0.05) is 45.7 Å². The van der Waals surface area contributed by atoms with Gasteiger partial charge in [0.05, 0.1) is 0 Å². The van der Waals surface area contributed by atoms with Crippen molar-refractivity contribution in [1.29, 1.82) is 0 Å². The van der Waals surface area contributed by atoms with Crippen molar-refractivity contribution < 1.29 is 38.2 Å². The number of rotatable bonds is 52. The lowest BCUT2D eigenvalue weighted by atomic mass is 10.0. The lowest BCUT2D eigenvalue weighted by Gasteiger charge is -2.18. The third-order valence-corrected chi connectivity index (χ3v) is 13.0. The SMILES string of the molecule is CCCCCCCCCCCCCCCCCC(=O)OC[C@H](COC(=O)CCCCCCCCCCCNC(=O)CCCC(=O)NC)OC(=O)CCCCCCCCCCCCCCCS. The van der Waals surface area contributed by atoms with Gasteiger partial charge in [0.25, 0.3) is 0 Å². The number of hydrogen-bond donors (Lipinski definition) is 3. The Bertz CT molecular complexity index is 1120. The Morgan fingerprint density at radius 2 is 0.697 bits per heavy atom. The first kappa shape index (κ1) is 63.7. The highest BCUT2D eigenvalue weighted by atomic mass is 32.1. The van der Waals surface area contributed by atoms with E-state index in [9.17, 15) is 24.0 Å². The molecule has 2 N–H and O–H groups in total. The van der Waals surface area contributed by atoms with Gasteiger partial charge in [-0.3, -0.25) is 24.0 Å². The zero-order valence-electron chi connectivity index (χ0n) is 43.0. The Labute approximate surface area is 411 Å². The van der Waals surface area contributed by atoms with Crippen LogP contribution in [-0.2, 0) is 38.2 Å². The summed E-state index contributed by atoms with van der Waals surface area (Å²) in [5.41, 5.74) is 0. The summed E-state index contributed by atoms with van der Waals surface area (Å²) in [6.45, 7) is 2.75. The molecular formula is C55H104N2O8S. The summed E-state index contributed by atoms with van der Waals surface area (Å²) in [5, 5.41) is 5.51. The normalized spacial score (nSPS) is 11.6. The number of ether oxygens (including phenoxy) is 3. The highest BCUT2D eigenvalue weighted by Gasteiger charge is 2.19. The van der Waals surface area contributed by atoms with Crippen molar-refractivity contribution in [2.75, 3.05) is 32.6 Å². The van der Waals surface area contributed by atoms with Crippen LogP contribution in [0.5, 0.6) is 0 Å². The highest BCUT2D eigenvalue weighted by Crippen LogP contribution is 2.17. The topological polar surface area (TPSA) is 137 Å². The van der Waals surface area contributed by atoms with Gasteiger partial charge >= 0.3 is 17.9 Å². The number of esters is 3. The maximum absolute atomic E-state index is 12.8. The van der Waals surface area contributed by atoms with Gasteiger partial charge in [-0.15, -0.1) is 0 Å². The molecule has 66 heavy (non-hydrogen) atoms. The third kappa shape index (κ3) is 49.6. The van der Waals surface area contributed by atoms with Crippen LogP contribution in [0.3, 0.4) is 0 Å². The predicted octanol–water partition coefficient (Wildman–Crippen LogP) is 14.6. The summed E-state index contributed by atoms with van der Waals surface area (Å²) < 4.78 is 16.8. The summed E-state index contributed by atoms with van der Waals surface area (Å²) in [4.78, 5) is 61.2. The minimum atomic E-state index is -0.800. The molecule has 0 saturated heterocycles. The number of unbranched alkanes of at least 4 members (excludes halogenated alkanes) is 34. The number of amides is 2. The molecule has 0 aromatic rings. The number of nitrogens with one attached hydrogen (secondary N) is 2. The third-order valence-electron chi connectivity index (χ3n) is 12.6. The Kier molecular flexibility index (Phi) is 50.3. The molecule has 0 bridgehead atoms. The fraction of sp³-hybridized carbons (Fsp3) is 0.909. The highest BCUT2D eigenvalue weighted by molar-refractivity contribution is 7.80. The van der Waals surface area contributed by atoms with Crippen molar-refractivity contribution in [3.8, 4) is 0 Å². The first-order chi connectivity index (χ1) is 32.3. The van der Waals surface area contributed by atoms with Crippen LogP contribution < -0.4 is 10.6 Å². The maximum Gasteiger partial charge on any atom is 0.306 e. The standard InChI is InChI=1S/C55H104N2O8S/c1-3-4-5-6-7-8-9-10-11-13-16-20-25-30-35-43-53(60)63-48-50(65-55(62)45-37-32-27-21-17-14-12-15-18-24-29-34-39-47-66)49-64-54(61)44-36-31-26-22-19-23-28-33-38-46-57-52(59)42-40-41-51(58)56-2/h50,66H,3-49H2,1-2H3,(H,56,58)(H,57,59)/t50-/m1/s1. The molecular weight excluding hydrogens is 849 g/mol. The van der Waals surface area contributed by atoms with E-state index in [2.05, 4.69) is 30.2 Å². The van der Waals surface area contributed by atoms with Crippen LogP contribution in [-0.4, -0.2) is 68.4 Å². The molecule has 0 spiro atoms. The molecule has 0 fully saturated rings. The number of carbonyl (C=O) groups excluding carboxylic acids is 5. The summed E-state index contributed by atoms with van der Waals surface area (Å²) in [7, 11) is 1.60. The summed E-state index contributed by atoms with van der Waals surface area (Å²) in [6.07, 6.45) is 45.7. The van der Waals surface area contributed by atoms with E-state index < -0.39 is 6.10 Å². The van der Waals surface area contributed by atoms with Crippen LogP contribution >= 0.6 is 12.6 Å². The second-order valence-electron chi connectivity index (χ2n) is 19.1. The quantitative estimate of drug-likeness (QED) is 0.0237. The van der Waals surface area contributed by atoms with Crippen molar-refractivity contribution in [2.45, 2.75) is 289 Å². The van der Waals surface area contributed by atoms with Gasteiger partial charge in [-0.1, -0.05) is 212 Å². The van der Waals surface area contributed by atoms with Crippen LogP contribution in [0, 0.1) is 0 Å². The van der Waals surface area contributed by atoms with Crippen molar-refractivity contribution in [3.05, 3.63) is 0 Å². The Morgan fingerprint density at radius 1 is 0.379 bits per heavy atom. The average molecular weight is 954 g/mol. The Morgan fingerprint density at radius 3 is 1.06 bits per heavy atom. The minimum absolute atomic E-state index is 0.0111. The smallest absolute Gasteiger partial charge is 0.306 e. The monoisotopic (exact) mass is 953 g/mol. The van der Waals surface area contributed by atoms with Crippen molar-refractivity contribution in [2.24, 2.45) is 0 Å². The second kappa shape index (κ2) is 52.1. The Balaban J connectivity index is 4.32. The van der Waals surface area contributed by atoms with E-state index in [0.717, 1.165) is 102 Å². The fourth-order valence-electron chi connectivity index (χ4n) is 8.33. The largest absolute Gasteiger partial charge is 0.462 e. The van der Waals surface area contributed by atoms with Gasteiger partial charge in [-0.2, -0.15) is 12.6 Å². The van der Waals surface area contributed by atoms with Crippen LogP contribution in [0.1, 0.15) is 283 Å². The molecule has 10 nitrogen and oxygen atoms in total. The zero-order valence-corrected chi connectivity index (χ0v) is 43.9. The molecule has 0 unspecified atom stereocenters. The van der Waals surface area contributed by atoms with Gasteiger partial charge in [0.2, 0.25) is 11.8 Å². The zero-order chi connectivity index (χ0) is 48.2. The van der Waals surface area contributed by atoms with E-state index in [1.54, 1.807) is 7.05 Å². The lowest BCUT2D eigenvalue weighted by Crippen LogP contribution is -2.30. The molecule has 388 valence electrons. The van der Waals surface area contributed by atoms with Gasteiger partial charge < -0.3 is 24.8 Å². The van der Waals surface area contributed by atoms with Gasteiger partial charge in [0.15, 0.2) is 6.10 Å². The van der Waals surface area contributed by atoms with E-state index >= 15 is 0 Å². The van der Waals surface area contributed by atoms with Gasteiger partial charge in [0.1, 0.15) is 13.2 Å². The van der Waals surface area contributed by atoms with Gasteiger partial charge in [-0.05, 0) is 44.3 Å². The van der Waals surface area contributed by atoms with E-state index in [0.29, 0.717) is 45.1 Å². The molecule has 0 saturated carbocycles. The number of thiol groups is 1. The molecule has 0 aliphatic rings. The molecule has 0 aromatic carbocycles. The molecule has 0 aromatic heterocycles. The van der Waals surface area contributed by atoms with Crippen molar-refractivity contribution in [1.82, 2.24) is 10.6 Å². The molecule has 0 aliphatic carbocycles. The van der Waals surface area contributed by atoms with Crippen molar-refractivity contribution >= 4 is 42.4 Å². The van der Waals surface area contributed by atoms with E-state index in [-0.39, 0.29) is 42.9 Å². The Hall–Kier alpha value is -2.30. The van der Waals surface area contributed by atoms with E-state index in [1.165, 1.54) is 141 Å². The van der Waals surface area contributed by atoms with Crippen LogP contribution in [0.2, 0.25) is 0 Å². The molecule has 0 aliphatic heterocycles. The minimum Gasteiger partial charge on any atom is -0.462 e. The summed E-state index contributed by atoms with van der Waals surface area (Å²) in [5.74, 6) is 0.0316. The molecule has 0 radical (unpaired) electrons. The molecule has 1 atom stereocenters. The van der Waals surface area contributed by atoms with E-state index in [1.807, 2.05) is 0 Å². The fourth-order valence-corrected chi connectivity index (χ4v) is 8.55. The molecule has 2 amide bonds. The first-order valence-electron chi connectivity index (χ1n) is 27.9.